The molecule has 0 N–H and O–H groups in total. The maximum absolute atomic E-state index is 11.7. The van der Waals surface area contributed by atoms with Crippen LogP contribution in [0.2, 0.25) is 0 Å². The zero-order valence-corrected chi connectivity index (χ0v) is 11.3. The van der Waals surface area contributed by atoms with Gasteiger partial charge in [-0.25, -0.2) is 8.42 Å². The summed E-state index contributed by atoms with van der Waals surface area (Å²) in [5, 5.41) is 0. The van der Waals surface area contributed by atoms with Crippen LogP contribution in [0.5, 0.6) is 0 Å². The first kappa shape index (κ1) is 15.7. The largest absolute Gasteiger partial charge is 0.465 e. The van der Waals surface area contributed by atoms with Crippen molar-refractivity contribution in [2.45, 2.75) is 26.8 Å². The number of halogens is 1. The number of esters is 1. The molecule has 5 nitrogen and oxygen atoms in total. The number of hydrogen-bond donors (Lipinski definition) is 0. The Bertz CT molecular complexity index is 315. The highest BCUT2D eigenvalue weighted by Crippen LogP contribution is 2.08. The van der Waals surface area contributed by atoms with E-state index in [1.165, 1.54) is 0 Å². The predicted octanol–water partition coefficient (Wildman–Crippen LogP) is 0.828. The number of ether oxygens (including phenoxy) is 1. The molecule has 0 aliphatic carbocycles. The topological polar surface area (TPSA) is 63.7 Å². The van der Waals surface area contributed by atoms with Crippen molar-refractivity contribution in [1.29, 1.82) is 0 Å². The molecule has 0 rings (SSSR count). The molecule has 0 unspecified atom stereocenters. The summed E-state index contributed by atoms with van der Waals surface area (Å²) in [7, 11) is -3.48. The highest BCUT2D eigenvalue weighted by Gasteiger charge is 2.27. The zero-order chi connectivity index (χ0) is 12.8. The summed E-state index contributed by atoms with van der Waals surface area (Å²) in [6.45, 7) is 5.05. The average molecular weight is 272 g/mol. The first-order valence-corrected chi connectivity index (χ1v) is 7.20. The van der Waals surface area contributed by atoms with E-state index < -0.39 is 16.0 Å². The molecular formula is C9H18ClNO4S. The van der Waals surface area contributed by atoms with Gasteiger partial charge in [0.15, 0.2) is 0 Å². The van der Waals surface area contributed by atoms with Gasteiger partial charge in [0.05, 0.1) is 12.4 Å². The third-order valence-corrected chi connectivity index (χ3v) is 4.26. The molecule has 0 aromatic carbocycles. The van der Waals surface area contributed by atoms with Gasteiger partial charge in [-0.2, -0.15) is 4.31 Å². The molecule has 0 radical (unpaired) electrons. The summed E-state index contributed by atoms with van der Waals surface area (Å²) in [6.07, 6.45) is 0. The lowest BCUT2D eigenvalue weighted by Crippen LogP contribution is -2.42. The summed E-state index contributed by atoms with van der Waals surface area (Å²) in [4.78, 5) is 11.2. The lowest BCUT2D eigenvalue weighted by atomic mass is 10.4. The molecule has 0 fully saturated rings. The van der Waals surface area contributed by atoms with E-state index in [1.54, 1.807) is 20.8 Å². The van der Waals surface area contributed by atoms with E-state index in [-0.39, 0.29) is 30.8 Å². The summed E-state index contributed by atoms with van der Waals surface area (Å²) >= 11 is 5.41. The minimum atomic E-state index is -3.48. The molecule has 0 saturated carbocycles. The van der Waals surface area contributed by atoms with E-state index in [9.17, 15) is 13.2 Å². The third kappa shape index (κ3) is 5.14. The summed E-state index contributed by atoms with van der Waals surface area (Å²) in [5.74, 6) is -0.713. The number of carbonyl (C=O) groups is 1. The van der Waals surface area contributed by atoms with E-state index in [0.717, 1.165) is 4.31 Å². The minimum absolute atomic E-state index is 0.00831. The van der Waals surface area contributed by atoms with Crippen LogP contribution in [0.1, 0.15) is 20.8 Å². The minimum Gasteiger partial charge on any atom is -0.465 e. The second kappa shape index (κ2) is 7.09. The Morgan fingerprint density at radius 1 is 1.44 bits per heavy atom. The Hall–Kier alpha value is -0.330. The highest BCUT2D eigenvalue weighted by atomic mass is 35.5. The van der Waals surface area contributed by atoms with Gasteiger partial charge >= 0.3 is 5.97 Å². The van der Waals surface area contributed by atoms with E-state index in [2.05, 4.69) is 0 Å². The van der Waals surface area contributed by atoms with Gasteiger partial charge in [0, 0.05) is 11.9 Å². The predicted molar refractivity (Wildman–Crippen MR) is 63.0 cm³/mol. The number of alkyl halides is 1. The van der Waals surface area contributed by atoms with Crippen LogP contribution in [-0.2, 0) is 19.6 Å². The highest BCUT2D eigenvalue weighted by molar-refractivity contribution is 7.89. The third-order valence-electron chi connectivity index (χ3n) is 1.86. The quantitative estimate of drug-likeness (QED) is 0.508. The van der Waals surface area contributed by atoms with Gasteiger partial charge in [0.1, 0.15) is 6.54 Å². The fourth-order valence-corrected chi connectivity index (χ4v) is 3.11. The standard InChI is InChI=1S/C9H18ClNO4S/c1-4-15-9(12)7-11(8(2)3)16(13,14)6-5-10/h8H,4-7H2,1-3H3. The van der Waals surface area contributed by atoms with Crippen LogP contribution in [0.4, 0.5) is 0 Å². The van der Waals surface area contributed by atoms with Crippen molar-refractivity contribution in [2.24, 2.45) is 0 Å². The molecule has 0 atom stereocenters. The molecule has 0 amide bonds. The Kier molecular flexibility index (Phi) is 6.94. The Balaban J connectivity index is 4.69. The van der Waals surface area contributed by atoms with Crippen LogP contribution in [0, 0.1) is 0 Å². The smallest absolute Gasteiger partial charge is 0.321 e. The number of sulfonamides is 1. The van der Waals surface area contributed by atoms with Gasteiger partial charge in [-0.3, -0.25) is 4.79 Å². The van der Waals surface area contributed by atoms with Gasteiger partial charge in [0.2, 0.25) is 10.0 Å². The molecule has 0 aromatic rings. The van der Waals surface area contributed by atoms with Crippen molar-refractivity contribution in [3.8, 4) is 0 Å². The monoisotopic (exact) mass is 271 g/mol. The van der Waals surface area contributed by atoms with Crippen LogP contribution >= 0.6 is 11.6 Å². The van der Waals surface area contributed by atoms with Crippen molar-refractivity contribution in [1.82, 2.24) is 4.31 Å². The summed E-state index contributed by atoms with van der Waals surface area (Å²) in [5.41, 5.74) is 0. The maximum atomic E-state index is 11.7. The van der Waals surface area contributed by atoms with Crippen LogP contribution in [0.3, 0.4) is 0 Å². The van der Waals surface area contributed by atoms with Crippen molar-refractivity contribution in [2.75, 3.05) is 24.8 Å². The number of rotatable bonds is 7. The Morgan fingerprint density at radius 2 is 2.00 bits per heavy atom. The fraction of sp³-hybridized carbons (Fsp3) is 0.889. The fourth-order valence-electron chi connectivity index (χ4n) is 1.15. The van der Waals surface area contributed by atoms with Crippen molar-refractivity contribution in [3.63, 3.8) is 0 Å². The zero-order valence-electron chi connectivity index (χ0n) is 9.77. The maximum Gasteiger partial charge on any atom is 0.321 e. The molecule has 0 saturated heterocycles. The van der Waals surface area contributed by atoms with Crippen LogP contribution in [0.25, 0.3) is 0 Å². The SMILES string of the molecule is CCOC(=O)CN(C(C)C)S(=O)(=O)CCCl. The van der Waals surface area contributed by atoms with Gasteiger partial charge in [-0.05, 0) is 20.8 Å². The van der Waals surface area contributed by atoms with Crippen LogP contribution < -0.4 is 0 Å². The van der Waals surface area contributed by atoms with Crippen LogP contribution in [-0.4, -0.2) is 49.5 Å². The van der Waals surface area contributed by atoms with Gasteiger partial charge in [-0.1, -0.05) is 0 Å². The molecule has 0 aromatic heterocycles. The average Bonchev–Trinajstić information content (AvgIpc) is 2.13. The second-order valence-corrected chi connectivity index (χ2v) is 5.87. The molecular weight excluding hydrogens is 254 g/mol. The van der Waals surface area contributed by atoms with Crippen molar-refractivity contribution in [3.05, 3.63) is 0 Å². The first-order valence-electron chi connectivity index (χ1n) is 5.06. The number of nitrogens with zero attached hydrogens (tertiary/aromatic N) is 1. The molecule has 0 heterocycles. The van der Waals surface area contributed by atoms with Crippen LogP contribution in [0.15, 0.2) is 0 Å². The normalized spacial score (nSPS) is 12.1. The lowest BCUT2D eigenvalue weighted by molar-refractivity contribution is -0.143. The van der Waals surface area contributed by atoms with Gasteiger partial charge in [-0.15, -0.1) is 11.6 Å². The van der Waals surface area contributed by atoms with E-state index in [0.29, 0.717) is 0 Å². The molecule has 7 heteroatoms. The van der Waals surface area contributed by atoms with E-state index in [4.69, 9.17) is 16.3 Å². The Labute approximate surface area is 102 Å². The second-order valence-electron chi connectivity index (χ2n) is 3.45. The Morgan fingerprint density at radius 3 is 2.38 bits per heavy atom. The molecule has 96 valence electrons. The summed E-state index contributed by atoms with van der Waals surface area (Å²) < 4.78 is 29.3. The molecule has 0 aliphatic heterocycles. The summed E-state index contributed by atoms with van der Waals surface area (Å²) in [6, 6.07) is -0.294. The molecule has 0 spiro atoms. The van der Waals surface area contributed by atoms with E-state index in [1.807, 2.05) is 0 Å². The van der Waals surface area contributed by atoms with Crippen molar-refractivity contribution >= 4 is 27.6 Å². The van der Waals surface area contributed by atoms with Gasteiger partial charge in [0.25, 0.3) is 0 Å². The first-order chi connectivity index (χ1) is 7.35. The number of hydrogen-bond acceptors (Lipinski definition) is 4. The van der Waals surface area contributed by atoms with Gasteiger partial charge < -0.3 is 4.74 Å². The molecule has 16 heavy (non-hydrogen) atoms. The molecule has 0 aliphatic rings. The number of carbonyl (C=O) groups excluding carboxylic acids is 1. The lowest BCUT2D eigenvalue weighted by Gasteiger charge is -2.24. The van der Waals surface area contributed by atoms with E-state index >= 15 is 0 Å². The van der Waals surface area contributed by atoms with Crippen molar-refractivity contribution < 1.29 is 17.9 Å². The molecule has 0 bridgehead atoms.